The van der Waals surface area contributed by atoms with Gasteiger partial charge in [-0.1, -0.05) is 0 Å². The zero-order valence-corrected chi connectivity index (χ0v) is 15.8. The third kappa shape index (κ3) is 5.26. The van der Waals surface area contributed by atoms with Gasteiger partial charge < -0.3 is 15.3 Å². The van der Waals surface area contributed by atoms with Crippen LogP contribution in [0, 0.1) is 5.82 Å². The second-order valence-corrected chi connectivity index (χ2v) is 6.85. The minimum atomic E-state index is -0.264. The highest BCUT2D eigenvalue weighted by atomic mass is 19.1. The van der Waals surface area contributed by atoms with Gasteiger partial charge in [-0.05, 0) is 24.3 Å². The Morgan fingerprint density at radius 1 is 1.11 bits per heavy atom. The van der Waals surface area contributed by atoms with Crippen LogP contribution in [0.15, 0.2) is 29.4 Å². The highest BCUT2D eigenvalue weighted by Crippen LogP contribution is 2.16. The van der Waals surface area contributed by atoms with Crippen molar-refractivity contribution in [3.8, 4) is 0 Å². The van der Waals surface area contributed by atoms with E-state index in [1.165, 1.54) is 12.1 Å². The molecule has 2 amide bonds. The number of hydrogen-bond donors (Lipinski definition) is 2. The van der Waals surface area contributed by atoms with E-state index in [9.17, 15) is 14.0 Å². The van der Waals surface area contributed by atoms with Crippen molar-refractivity contribution in [3.63, 3.8) is 0 Å². The molecule has 152 valence electrons. The zero-order valence-electron chi connectivity index (χ0n) is 15.8. The Kier molecular flexibility index (Phi) is 6.94. The van der Waals surface area contributed by atoms with Crippen molar-refractivity contribution < 1.29 is 19.1 Å². The van der Waals surface area contributed by atoms with Gasteiger partial charge in [0, 0.05) is 57.8 Å². The lowest BCUT2D eigenvalue weighted by molar-refractivity contribution is -0.132. The fraction of sp³-hybridized carbons (Fsp3) is 0.526. The molecule has 2 aliphatic rings. The molecular weight excluding hydrogens is 365 g/mol. The molecule has 2 N–H and O–H groups in total. The van der Waals surface area contributed by atoms with E-state index in [2.05, 4.69) is 20.2 Å². The Labute approximate surface area is 163 Å². The lowest BCUT2D eigenvalue weighted by Crippen LogP contribution is -2.49. The zero-order chi connectivity index (χ0) is 19.9. The van der Waals surface area contributed by atoms with Gasteiger partial charge in [-0.2, -0.15) is 5.10 Å². The summed E-state index contributed by atoms with van der Waals surface area (Å²) >= 11 is 0. The van der Waals surface area contributed by atoms with E-state index in [-0.39, 0.29) is 37.2 Å². The van der Waals surface area contributed by atoms with Crippen LogP contribution in [-0.2, 0) is 9.59 Å². The number of carbonyl (C=O) groups excluding carboxylic acids is 2. The predicted molar refractivity (Wildman–Crippen MR) is 104 cm³/mol. The summed E-state index contributed by atoms with van der Waals surface area (Å²) in [7, 11) is 0. The van der Waals surface area contributed by atoms with Crippen LogP contribution < -0.4 is 10.2 Å². The Bertz CT molecular complexity index is 717. The molecule has 28 heavy (non-hydrogen) atoms. The third-order valence-electron chi connectivity index (χ3n) is 4.96. The smallest absolute Gasteiger partial charge is 0.267 e. The van der Waals surface area contributed by atoms with E-state index in [0.717, 1.165) is 43.4 Å². The molecule has 8 nitrogen and oxygen atoms in total. The second kappa shape index (κ2) is 9.61. The van der Waals surface area contributed by atoms with Crippen molar-refractivity contribution in [2.24, 2.45) is 5.10 Å². The molecule has 0 spiro atoms. The molecule has 2 aliphatic heterocycles. The number of hydrazone groups is 1. The molecule has 3 rings (SSSR count). The maximum Gasteiger partial charge on any atom is 0.267 e. The van der Waals surface area contributed by atoms with Gasteiger partial charge in [0.1, 0.15) is 11.5 Å². The first kappa shape index (κ1) is 20.2. The quantitative estimate of drug-likeness (QED) is 0.685. The number of piperazine rings is 1. The van der Waals surface area contributed by atoms with Crippen molar-refractivity contribution in [1.29, 1.82) is 0 Å². The first-order chi connectivity index (χ1) is 13.6. The standard InChI is InChI=1S/C19H26FN5O3/c20-15-1-3-16(4-2-15)24-11-9-23(10-12-24)8-7-21-19(28)17-5-6-18(27)25(22-17)13-14-26/h1-4,26H,5-14H2,(H,21,28). The molecule has 1 aromatic rings. The van der Waals surface area contributed by atoms with E-state index in [4.69, 9.17) is 5.11 Å². The maximum atomic E-state index is 13.0. The van der Waals surface area contributed by atoms with Gasteiger partial charge in [-0.15, -0.1) is 0 Å². The molecule has 0 aliphatic carbocycles. The number of hydrogen-bond acceptors (Lipinski definition) is 6. The summed E-state index contributed by atoms with van der Waals surface area (Å²) in [5.74, 6) is -0.672. The highest BCUT2D eigenvalue weighted by molar-refractivity contribution is 6.39. The number of nitrogens with zero attached hydrogens (tertiary/aromatic N) is 4. The predicted octanol–water partition coefficient (Wildman–Crippen LogP) is 0.0346. The van der Waals surface area contributed by atoms with Gasteiger partial charge in [-0.25, -0.2) is 9.40 Å². The molecular formula is C19H26FN5O3. The van der Waals surface area contributed by atoms with Gasteiger partial charge in [0.15, 0.2) is 0 Å². The largest absolute Gasteiger partial charge is 0.394 e. The van der Waals surface area contributed by atoms with Crippen LogP contribution in [0.25, 0.3) is 0 Å². The van der Waals surface area contributed by atoms with Gasteiger partial charge >= 0.3 is 0 Å². The Morgan fingerprint density at radius 3 is 2.50 bits per heavy atom. The van der Waals surface area contributed by atoms with Crippen LogP contribution in [0.3, 0.4) is 0 Å². The first-order valence-electron chi connectivity index (χ1n) is 9.56. The highest BCUT2D eigenvalue weighted by Gasteiger charge is 2.24. The molecule has 1 fully saturated rings. The summed E-state index contributed by atoms with van der Waals surface area (Å²) in [6.07, 6.45) is 0.556. The van der Waals surface area contributed by atoms with E-state index in [1.807, 2.05) is 0 Å². The number of rotatable bonds is 7. The summed E-state index contributed by atoms with van der Waals surface area (Å²) in [5, 5.41) is 17.0. The van der Waals surface area contributed by atoms with Gasteiger partial charge in [-0.3, -0.25) is 14.5 Å². The lowest BCUT2D eigenvalue weighted by atomic mass is 10.1. The van der Waals surface area contributed by atoms with Crippen LogP contribution in [0.5, 0.6) is 0 Å². The minimum Gasteiger partial charge on any atom is -0.394 e. The average Bonchev–Trinajstić information content (AvgIpc) is 2.71. The van der Waals surface area contributed by atoms with Gasteiger partial charge in [0.25, 0.3) is 5.91 Å². The molecule has 0 unspecified atom stereocenters. The van der Waals surface area contributed by atoms with Crippen LogP contribution in [-0.4, -0.2) is 85.0 Å². The Morgan fingerprint density at radius 2 is 1.82 bits per heavy atom. The molecule has 0 atom stereocenters. The normalized spacial score (nSPS) is 18.2. The van der Waals surface area contributed by atoms with Crippen LogP contribution in [0.2, 0.25) is 0 Å². The topological polar surface area (TPSA) is 88.5 Å². The SMILES string of the molecule is O=C(NCCN1CCN(c2ccc(F)cc2)CC1)C1=NN(CCO)C(=O)CC1. The number of carbonyl (C=O) groups is 2. The molecule has 9 heteroatoms. The van der Waals surface area contributed by atoms with E-state index >= 15 is 0 Å². The lowest BCUT2D eigenvalue weighted by Gasteiger charge is -2.36. The number of nitrogens with one attached hydrogen (secondary N) is 1. The van der Waals surface area contributed by atoms with Crippen molar-refractivity contribution in [2.45, 2.75) is 12.8 Å². The third-order valence-corrected chi connectivity index (χ3v) is 4.96. The Hall–Kier alpha value is -2.52. The minimum absolute atomic E-state index is 0.105. The van der Waals surface area contributed by atoms with E-state index in [1.54, 1.807) is 12.1 Å². The summed E-state index contributed by atoms with van der Waals surface area (Å²) in [6.45, 7) is 4.59. The van der Waals surface area contributed by atoms with Crippen molar-refractivity contribution >= 4 is 23.2 Å². The Balaban J connectivity index is 1.40. The maximum absolute atomic E-state index is 13.0. The number of aliphatic hydroxyl groups is 1. The molecule has 2 heterocycles. The molecule has 0 bridgehead atoms. The van der Waals surface area contributed by atoms with Crippen LogP contribution in [0.1, 0.15) is 12.8 Å². The molecule has 0 radical (unpaired) electrons. The average molecular weight is 391 g/mol. The van der Waals surface area contributed by atoms with E-state index in [0.29, 0.717) is 18.7 Å². The van der Waals surface area contributed by atoms with Crippen molar-refractivity contribution in [2.75, 3.05) is 57.3 Å². The monoisotopic (exact) mass is 391 g/mol. The number of anilines is 1. The molecule has 0 saturated carbocycles. The van der Waals surface area contributed by atoms with Crippen molar-refractivity contribution in [3.05, 3.63) is 30.1 Å². The summed E-state index contributed by atoms with van der Waals surface area (Å²) in [6, 6.07) is 6.53. The first-order valence-corrected chi connectivity index (χ1v) is 9.56. The fourth-order valence-electron chi connectivity index (χ4n) is 3.35. The number of benzene rings is 1. The summed E-state index contributed by atoms with van der Waals surface area (Å²) in [5.41, 5.74) is 1.35. The van der Waals surface area contributed by atoms with Crippen LogP contribution >= 0.6 is 0 Å². The number of amides is 2. The molecule has 1 aromatic carbocycles. The second-order valence-electron chi connectivity index (χ2n) is 6.85. The van der Waals surface area contributed by atoms with E-state index < -0.39 is 0 Å². The van der Waals surface area contributed by atoms with Crippen LogP contribution in [0.4, 0.5) is 10.1 Å². The molecule has 0 aromatic heterocycles. The van der Waals surface area contributed by atoms with Gasteiger partial charge in [0.2, 0.25) is 5.91 Å². The summed E-state index contributed by atoms with van der Waals surface area (Å²) in [4.78, 5) is 28.4. The fourth-order valence-corrected chi connectivity index (χ4v) is 3.35. The molecule has 1 saturated heterocycles. The van der Waals surface area contributed by atoms with Gasteiger partial charge in [0.05, 0.1) is 13.2 Å². The number of halogens is 1. The number of β-amino-alcohol motifs (C(OH)–C–C–N with tert-alkyl or cyclic N) is 1. The van der Waals surface area contributed by atoms with Crippen molar-refractivity contribution in [1.82, 2.24) is 15.2 Å². The summed E-state index contributed by atoms with van der Waals surface area (Å²) < 4.78 is 13.0. The number of aliphatic hydroxyl groups excluding tert-OH is 1.